The molecule has 2 N–H and O–H groups in total. The molecule has 1 fully saturated rings. The Bertz CT molecular complexity index is 1910. The SMILES string of the molecule is CCOc1nc2cccc(C(=O)OCO/N=[N+](\[O-])N3CC(C)CC3C(=O)O)c2n1Cc1ccc(-c2ccccc2-c2nnn[nH]2)cc1. The van der Waals surface area contributed by atoms with Gasteiger partial charge in [0, 0.05) is 5.56 Å². The number of nitrogens with zero attached hydrogens (tertiary/aromatic N) is 8. The minimum Gasteiger partial charge on any atom is -0.569 e. The van der Waals surface area contributed by atoms with E-state index >= 15 is 0 Å². The Balaban J connectivity index is 1.20. The molecule has 16 heteroatoms. The van der Waals surface area contributed by atoms with E-state index in [1.54, 1.807) is 22.8 Å². The van der Waals surface area contributed by atoms with Gasteiger partial charge in [-0.2, -0.15) is 4.98 Å². The number of hydrogen-bond acceptors (Lipinski definition) is 11. The number of aromatic nitrogens is 6. The molecule has 6 rings (SSSR count). The summed E-state index contributed by atoms with van der Waals surface area (Å²) in [5.74, 6) is -1.31. The summed E-state index contributed by atoms with van der Waals surface area (Å²) in [5, 5.41) is 40.4. The van der Waals surface area contributed by atoms with Crippen molar-refractivity contribution in [2.24, 2.45) is 11.2 Å². The molecule has 3 heterocycles. The van der Waals surface area contributed by atoms with Crippen LogP contribution >= 0.6 is 0 Å². The minimum absolute atomic E-state index is 0.00924. The van der Waals surface area contributed by atoms with E-state index in [4.69, 9.17) is 14.3 Å². The number of aromatic amines is 1. The Hall–Kier alpha value is -6.06. The zero-order valence-corrected chi connectivity index (χ0v) is 25.5. The van der Waals surface area contributed by atoms with E-state index in [2.05, 4.69) is 30.9 Å². The lowest BCUT2D eigenvalue weighted by Crippen LogP contribution is -2.40. The van der Waals surface area contributed by atoms with Crippen LogP contribution in [0.25, 0.3) is 33.5 Å². The number of esters is 1. The fraction of sp³-hybridized carbons (Fsp3) is 0.290. The van der Waals surface area contributed by atoms with Crippen LogP contribution in [0.3, 0.4) is 0 Å². The molecule has 0 spiro atoms. The minimum atomic E-state index is -1.13. The first kappa shape index (κ1) is 30.9. The van der Waals surface area contributed by atoms with E-state index in [-0.39, 0.29) is 23.0 Å². The molecule has 242 valence electrons. The molecule has 2 unspecified atom stereocenters. The van der Waals surface area contributed by atoms with Crippen LogP contribution in [0.4, 0.5) is 0 Å². The van der Waals surface area contributed by atoms with Crippen LogP contribution in [-0.2, 0) is 20.9 Å². The molecule has 0 radical (unpaired) electrons. The number of para-hydroxylation sites is 1. The first-order valence-corrected chi connectivity index (χ1v) is 14.8. The van der Waals surface area contributed by atoms with Crippen LogP contribution in [0.2, 0.25) is 0 Å². The summed E-state index contributed by atoms with van der Waals surface area (Å²) in [5.41, 5.74) is 4.92. The predicted molar refractivity (Wildman–Crippen MR) is 164 cm³/mol. The van der Waals surface area contributed by atoms with Crippen molar-refractivity contribution in [3.63, 3.8) is 0 Å². The van der Waals surface area contributed by atoms with Crippen molar-refractivity contribution >= 4 is 23.0 Å². The van der Waals surface area contributed by atoms with Crippen LogP contribution in [0.5, 0.6) is 6.01 Å². The van der Waals surface area contributed by atoms with Gasteiger partial charge in [-0.05, 0) is 58.5 Å². The number of carboxylic acids is 1. The van der Waals surface area contributed by atoms with Crippen LogP contribution < -0.4 is 4.74 Å². The molecule has 0 amide bonds. The van der Waals surface area contributed by atoms with Gasteiger partial charge in [0.2, 0.25) is 5.28 Å². The number of tetrazole rings is 1. The number of fused-ring (bicyclic) bond motifs is 1. The van der Waals surface area contributed by atoms with Crippen LogP contribution in [0.15, 0.2) is 72.0 Å². The second-order valence-corrected chi connectivity index (χ2v) is 10.9. The second-order valence-electron chi connectivity index (χ2n) is 10.9. The summed E-state index contributed by atoms with van der Waals surface area (Å²) in [7, 11) is 0. The van der Waals surface area contributed by atoms with Crippen LogP contribution in [0, 0.1) is 11.1 Å². The Morgan fingerprint density at radius 3 is 2.62 bits per heavy atom. The Morgan fingerprint density at radius 2 is 1.89 bits per heavy atom. The first-order valence-electron chi connectivity index (χ1n) is 14.8. The molecular weight excluding hydrogens is 610 g/mol. The normalized spacial score (nSPS) is 16.4. The largest absolute Gasteiger partial charge is 0.569 e. The third-order valence-electron chi connectivity index (χ3n) is 7.72. The molecule has 2 aromatic heterocycles. The molecule has 1 aliphatic rings. The van der Waals surface area contributed by atoms with Gasteiger partial charge in [0.25, 0.3) is 12.8 Å². The van der Waals surface area contributed by atoms with E-state index in [9.17, 15) is 19.9 Å². The highest BCUT2D eigenvalue weighted by atomic mass is 16.8. The number of carboxylic acid groups (broad SMARTS) is 1. The number of aliphatic carboxylic acids is 1. The summed E-state index contributed by atoms with van der Waals surface area (Å²) in [6, 6.07) is 20.1. The first-order chi connectivity index (χ1) is 22.8. The molecule has 5 aromatic rings. The molecule has 16 nitrogen and oxygen atoms in total. The quantitative estimate of drug-likeness (QED) is 0.0496. The zero-order chi connectivity index (χ0) is 32.9. The molecule has 47 heavy (non-hydrogen) atoms. The van der Waals surface area contributed by atoms with Crippen molar-refractivity contribution < 1.29 is 34.0 Å². The van der Waals surface area contributed by atoms with E-state index in [0.29, 0.717) is 42.4 Å². The van der Waals surface area contributed by atoms with Gasteiger partial charge in [0.05, 0.1) is 41.3 Å². The zero-order valence-electron chi connectivity index (χ0n) is 25.5. The number of carbonyl (C=O) groups is 2. The number of imidazole rings is 1. The summed E-state index contributed by atoms with van der Waals surface area (Å²) >= 11 is 0. The lowest BCUT2D eigenvalue weighted by molar-refractivity contribution is -0.713. The van der Waals surface area contributed by atoms with Gasteiger partial charge in [-0.25, -0.2) is 14.7 Å². The summed E-state index contributed by atoms with van der Waals surface area (Å²) < 4.78 is 12.9. The molecule has 0 bridgehead atoms. The van der Waals surface area contributed by atoms with Gasteiger partial charge in [0.1, 0.15) is 0 Å². The monoisotopic (exact) mass is 641 g/mol. The topological polar surface area (TPSA) is 196 Å². The van der Waals surface area contributed by atoms with E-state index in [1.165, 1.54) is 0 Å². The van der Waals surface area contributed by atoms with Crippen molar-refractivity contribution in [2.75, 3.05) is 19.9 Å². The highest BCUT2D eigenvalue weighted by molar-refractivity contribution is 6.02. The van der Waals surface area contributed by atoms with E-state index in [0.717, 1.165) is 27.3 Å². The Labute approximate surface area is 267 Å². The lowest BCUT2D eigenvalue weighted by Gasteiger charge is -2.16. The Morgan fingerprint density at radius 1 is 1.11 bits per heavy atom. The molecule has 2 atom stereocenters. The van der Waals surface area contributed by atoms with Crippen molar-refractivity contribution in [2.45, 2.75) is 32.9 Å². The van der Waals surface area contributed by atoms with E-state index < -0.39 is 24.8 Å². The third kappa shape index (κ3) is 6.51. The van der Waals surface area contributed by atoms with Crippen molar-refractivity contribution in [3.05, 3.63) is 83.1 Å². The van der Waals surface area contributed by atoms with Gasteiger partial charge >= 0.3 is 11.9 Å². The molecule has 0 saturated carbocycles. The smallest absolute Gasteiger partial charge is 0.343 e. The van der Waals surface area contributed by atoms with Crippen LogP contribution in [-0.4, -0.2) is 83.2 Å². The predicted octanol–water partition coefficient (Wildman–Crippen LogP) is 4.05. The van der Waals surface area contributed by atoms with Gasteiger partial charge < -0.3 is 24.6 Å². The summed E-state index contributed by atoms with van der Waals surface area (Å²) in [6.07, 6.45) is 0.305. The number of H-pyrrole nitrogens is 1. The molecule has 3 aromatic carbocycles. The maximum atomic E-state index is 13.2. The maximum absolute atomic E-state index is 13.2. The van der Waals surface area contributed by atoms with Gasteiger partial charge in [-0.3, -0.25) is 4.57 Å². The lowest BCUT2D eigenvalue weighted by atomic mass is 9.98. The molecule has 0 aliphatic carbocycles. The van der Waals surface area contributed by atoms with Crippen molar-refractivity contribution in [1.82, 2.24) is 35.2 Å². The number of ether oxygens (including phenoxy) is 2. The van der Waals surface area contributed by atoms with Gasteiger partial charge in [0.15, 0.2) is 11.9 Å². The fourth-order valence-corrected chi connectivity index (χ4v) is 5.62. The molecule has 1 aliphatic heterocycles. The highest BCUT2D eigenvalue weighted by Gasteiger charge is 2.40. The van der Waals surface area contributed by atoms with E-state index in [1.807, 2.05) is 62.4 Å². The maximum Gasteiger partial charge on any atom is 0.343 e. The average molecular weight is 642 g/mol. The van der Waals surface area contributed by atoms with Gasteiger partial charge in [-0.1, -0.05) is 61.5 Å². The number of nitrogens with one attached hydrogen (secondary N) is 1. The number of hydrogen-bond donors (Lipinski definition) is 2. The molecule has 1 saturated heterocycles. The number of benzene rings is 3. The van der Waals surface area contributed by atoms with Crippen molar-refractivity contribution in [3.8, 4) is 28.5 Å². The Kier molecular flexibility index (Phi) is 8.90. The standard InChI is InChI=1S/C31H31N9O7/c1-3-45-31-32-25-10-6-9-24(30(43)46-18-47-37-40(44)39-16-19(2)15-26(39)29(41)42)27(25)38(31)17-20-11-13-21(14-12-20)22-7-4-5-8-23(22)28-33-35-36-34-28/h4-14,19,26H,3,15-18H2,1-2H3,(H,41,42)(H,33,34,35,36)/b40-37-. The van der Waals surface area contributed by atoms with Gasteiger partial charge in [-0.15, -0.1) is 10.1 Å². The fourth-order valence-electron chi connectivity index (χ4n) is 5.62. The van der Waals surface area contributed by atoms with Crippen molar-refractivity contribution in [1.29, 1.82) is 0 Å². The molecular formula is C31H31N9O7. The third-order valence-corrected chi connectivity index (χ3v) is 7.72. The number of rotatable bonds is 12. The summed E-state index contributed by atoms with van der Waals surface area (Å²) in [6.45, 7) is 3.90. The second kappa shape index (κ2) is 13.5. The summed E-state index contributed by atoms with van der Waals surface area (Å²) in [4.78, 5) is 34.3. The van der Waals surface area contributed by atoms with Crippen LogP contribution in [0.1, 0.15) is 36.2 Å². The highest BCUT2D eigenvalue weighted by Crippen LogP contribution is 2.31. The number of hydrazine groups is 1. The number of carbonyl (C=O) groups excluding carboxylic acids is 1. The average Bonchev–Trinajstić information content (AvgIpc) is 3.83.